The number of ether oxygens (including phenoxy) is 3. The van der Waals surface area contributed by atoms with Crippen molar-refractivity contribution in [3.05, 3.63) is 42.4 Å². The third-order valence-corrected chi connectivity index (χ3v) is 3.75. The lowest BCUT2D eigenvalue weighted by Crippen LogP contribution is -2.36. The van der Waals surface area contributed by atoms with E-state index in [4.69, 9.17) is 18.6 Å². The van der Waals surface area contributed by atoms with Crippen LogP contribution in [0, 0.1) is 0 Å². The van der Waals surface area contributed by atoms with E-state index in [0.717, 1.165) is 0 Å². The van der Waals surface area contributed by atoms with Gasteiger partial charge >= 0.3 is 12.0 Å². The van der Waals surface area contributed by atoms with Crippen LogP contribution < -0.4 is 14.8 Å². The maximum atomic E-state index is 12.8. The molecule has 1 heterocycles. The number of carbonyl (C=O) groups excluding carboxylic acids is 2. The van der Waals surface area contributed by atoms with Gasteiger partial charge in [-0.15, -0.1) is 0 Å². The molecule has 2 amide bonds. The second-order valence-corrected chi connectivity index (χ2v) is 5.55. The third-order valence-electron chi connectivity index (χ3n) is 3.75. The highest BCUT2D eigenvalue weighted by atomic mass is 16.5. The number of amides is 2. The van der Waals surface area contributed by atoms with Crippen molar-refractivity contribution >= 4 is 17.7 Å². The first-order chi connectivity index (χ1) is 13.1. The molecular weight excluding hydrogens is 352 g/mol. The van der Waals surface area contributed by atoms with Crippen molar-refractivity contribution in [1.82, 2.24) is 4.90 Å². The number of benzene rings is 1. The minimum Gasteiger partial charge on any atom is -0.497 e. The molecule has 0 aliphatic heterocycles. The van der Waals surface area contributed by atoms with E-state index < -0.39 is 6.03 Å². The Labute approximate surface area is 158 Å². The molecule has 1 N–H and O–H groups in total. The van der Waals surface area contributed by atoms with Crippen LogP contribution in [0.1, 0.15) is 19.1 Å². The van der Waals surface area contributed by atoms with Gasteiger partial charge < -0.3 is 28.8 Å². The molecule has 8 heteroatoms. The Bertz CT molecular complexity index is 745. The number of hydrogen-bond donors (Lipinski definition) is 1. The van der Waals surface area contributed by atoms with Gasteiger partial charge in [-0.1, -0.05) is 0 Å². The summed E-state index contributed by atoms with van der Waals surface area (Å²) in [4.78, 5) is 25.9. The highest BCUT2D eigenvalue weighted by Crippen LogP contribution is 2.29. The molecule has 0 bridgehead atoms. The van der Waals surface area contributed by atoms with Crippen LogP contribution in [-0.2, 0) is 16.1 Å². The number of rotatable bonds is 9. The molecule has 0 unspecified atom stereocenters. The number of carbonyl (C=O) groups is 2. The molecule has 2 aromatic rings. The molecule has 27 heavy (non-hydrogen) atoms. The average Bonchev–Trinajstić information content (AvgIpc) is 3.18. The Morgan fingerprint density at radius 3 is 2.63 bits per heavy atom. The zero-order chi connectivity index (χ0) is 19.6. The summed E-state index contributed by atoms with van der Waals surface area (Å²) in [5, 5.41) is 2.79. The topological polar surface area (TPSA) is 90.2 Å². The summed E-state index contributed by atoms with van der Waals surface area (Å²) in [6, 6.07) is 8.19. The van der Waals surface area contributed by atoms with Crippen molar-refractivity contribution in [2.75, 3.05) is 32.7 Å². The predicted molar refractivity (Wildman–Crippen MR) is 98.9 cm³/mol. The molecule has 1 aromatic heterocycles. The second-order valence-electron chi connectivity index (χ2n) is 5.55. The predicted octanol–water partition coefficient (Wildman–Crippen LogP) is 3.28. The van der Waals surface area contributed by atoms with Gasteiger partial charge in [0, 0.05) is 12.6 Å². The van der Waals surface area contributed by atoms with E-state index >= 15 is 0 Å². The first-order valence-corrected chi connectivity index (χ1v) is 8.53. The molecule has 0 saturated carbocycles. The number of methoxy groups -OCH3 is 2. The van der Waals surface area contributed by atoms with Crippen LogP contribution in [0.3, 0.4) is 0 Å². The summed E-state index contributed by atoms with van der Waals surface area (Å²) in [5.41, 5.74) is 0.461. The molecule has 0 spiro atoms. The fourth-order valence-electron chi connectivity index (χ4n) is 2.41. The minimum atomic E-state index is -0.401. The maximum Gasteiger partial charge on any atom is 0.322 e. The molecule has 146 valence electrons. The number of nitrogens with zero attached hydrogens (tertiary/aromatic N) is 1. The summed E-state index contributed by atoms with van der Waals surface area (Å²) in [6.45, 7) is 2.42. The molecule has 0 fully saturated rings. The zero-order valence-corrected chi connectivity index (χ0v) is 15.7. The van der Waals surface area contributed by atoms with Crippen LogP contribution in [0.25, 0.3) is 0 Å². The second kappa shape index (κ2) is 10.1. The van der Waals surface area contributed by atoms with Crippen molar-refractivity contribution in [1.29, 1.82) is 0 Å². The highest BCUT2D eigenvalue weighted by Gasteiger charge is 2.19. The average molecular weight is 376 g/mol. The van der Waals surface area contributed by atoms with Gasteiger partial charge in [0.2, 0.25) is 0 Å². The number of hydrogen-bond acceptors (Lipinski definition) is 6. The van der Waals surface area contributed by atoms with Crippen LogP contribution >= 0.6 is 0 Å². The lowest BCUT2D eigenvalue weighted by molar-refractivity contribution is -0.143. The van der Waals surface area contributed by atoms with Gasteiger partial charge in [0.25, 0.3) is 0 Å². The lowest BCUT2D eigenvalue weighted by Gasteiger charge is -2.22. The summed E-state index contributed by atoms with van der Waals surface area (Å²) in [6.07, 6.45) is 1.61. The van der Waals surface area contributed by atoms with Gasteiger partial charge in [-0.05, 0) is 31.2 Å². The number of nitrogens with one attached hydrogen (secondary N) is 1. The first kappa shape index (κ1) is 20.2. The van der Waals surface area contributed by atoms with E-state index in [2.05, 4.69) is 5.32 Å². The molecule has 2 rings (SSSR count). The summed E-state index contributed by atoms with van der Waals surface area (Å²) in [7, 11) is 3.05. The van der Waals surface area contributed by atoms with Gasteiger partial charge in [0.15, 0.2) is 0 Å². The molecule has 0 saturated heterocycles. The molecule has 0 radical (unpaired) electrons. The fraction of sp³-hybridized carbons (Fsp3) is 0.368. The van der Waals surface area contributed by atoms with E-state index in [9.17, 15) is 9.59 Å². The van der Waals surface area contributed by atoms with E-state index in [0.29, 0.717) is 29.6 Å². The third kappa shape index (κ3) is 5.95. The molecule has 1 aromatic carbocycles. The van der Waals surface area contributed by atoms with Gasteiger partial charge in [0.05, 0.1) is 45.7 Å². The smallest absolute Gasteiger partial charge is 0.322 e. The lowest BCUT2D eigenvalue weighted by atomic mass is 10.2. The SMILES string of the molecule is CCOC(=O)CCN(Cc1ccco1)C(=O)Nc1cc(OC)ccc1OC. The standard InChI is InChI=1S/C19H24N2O6/c1-4-26-18(22)9-10-21(13-15-6-5-11-27-15)19(23)20-16-12-14(24-2)7-8-17(16)25-3/h5-8,11-12H,4,9-10,13H2,1-3H3,(H,20,23). The van der Waals surface area contributed by atoms with Crippen LogP contribution in [0.2, 0.25) is 0 Å². The Morgan fingerprint density at radius 1 is 1.19 bits per heavy atom. The van der Waals surface area contributed by atoms with Crippen molar-refractivity contribution in [3.63, 3.8) is 0 Å². The number of anilines is 1. The van der Waals surface area contributed by atoms with Crippen molar-refractivity contribution in [3.8, 4) is 11.5 Å². The Hall–Kier alpha value is -3.16. The van der Waals surface area contributed by atoms with Gasteiger partial charge in [-0.3, -0.25) is 4.79 Å². The van der Waals surface area contributed by atoms with Gasteiger partial charge in [0.1, 0.15) is 17.3 Å². The van der Waals surface area contributed by atoms with Gasteiger partial charge in [-0.2, -0.15) is 0 Å². The van der Waals surface area contributed by atoms with Crippen molar-refractivity contribution in [2.45, 2.75) is 19.9 Å². The molecule has 0 aliphatic carbocycles. The number of urea groups is 1. The monoisotopic (exact) mass is 376 g/mol. The molecule has 8 nitrogen and oxygen atoms in total. The van der Waals surface area contributed by atoms with Crippen LogP contribution in [0.15, 0.2) is 41.0 Å². The van der Waals surface area contributed by atoms with E-state index in [1.165, 1.54) is 25.4 Å². The van der Waals surface area contributed by atoms with E-state index in [1.807, 2.05) is 0 Å². The Kier molecular flexibility index (Phi) is 7.54. The quantitative estimate of drug-likeness (QED) is 0.676. The van der Waals surface area contributed by atoms with Crippen LogP contribution in [-0.4, -0.2) is 44.3 Å². The van der Waals surface area contributed by atoms with Gasteiger partial charge in [-0.25, -0.2) is 4.79 Å². The van der Waals surface area contributed by atoms with E-state index in [-0.39, 0.29) is 25.5 Å². The Morgan fingerprint density at radius 2 is 2.00 bits per heavy atom. The highest BCUT2D eigenvalue weighted by molar-refractivity contribution is 5.91. The largest absolute Gasteiger partial charge is 0.497 e. The van der Waals surface area contributed by atoms with Crippen molar-refractivity contribution < 1.29 is 28.2 Å². The zero-order valence-electron chi connectivity index (χ0n) is 15.7. The van der Waals surface area contributed by atoms with Crippen LogP contribution in [0.5, 0.6) is 11.5 Å². The van der Waals surface area contributed by atoms with Crippen LogP contribution in [0.4, 0.5) is 10.5 Å². The molecular formula is C19H24N2O6. The molecule has 0 atom stereocenters. The number of esters is 1. The summed E-state index contributed by atoms with van der Waals surface area (Å²) in [5.74, 6) is 1.31. The fourth-order valence-corrected chi connectivity index (χ4v) is 2.41. The molecule has 0 aliphatic rings. The number of furan rings is 1. The Balaban J connectivity index is 2.13. The summed E-state index contributed by atoms with van der Waals surface area (Å²) < 4.78 is 20.7. The maximum absolute atomic E-state index is 12.8. The van der Waals surface area contributed by atoms with Crippen molar-refractivity contribution in [2.24, 2.45) is 0 Å². The van der Waals surface area contributed by atoms with E-state index in [1.54, 1.807) is 37.3 Å². The first-order valence-electron chi connectivity index (χ1n) is 8.53. The normalized spacial score (nSPS) is 10.2. The minimum absolute atomic E-state index is 0.0806. The summed E-state index contributed by atoms with van der Waals surface area (Å²) >= 11 is 0.